The average molecular weight is 283 g/mol. The molecule has 0 unspecified atom stereocenters. The average Bonchev–Trinajstić information content (AvgIpc) is 2.52. The lowest BCUT2D eigenvalue weighted by Crippen LogP contribution is -2.14. The summed E-state index contributed by atoms with van der Waals surface area (Å²) in [4.78, 5) is 1.37. The molecule has 0 spiro atoms. The van der Waals surface area contributed by atoms with Crippen molar-refractivity contribution in [2.45, 2.75) is 19.4 Å². The third-order valence-corrected chi connectivity index (χ3v) is 3.91. The molecule has 1 nitrogen and oxygen atoms in total. The summed E-state index contributed by atoms with van der Waals surface area (Å²) in [6.45, 7) is 2.01. The lowest BCUT2D eigenvalue weighted by atomic mass is 10.3. The first-order valence-corrected chi connectivity index (χ1v) is 6.54. The molecular formula is C9H13BrClNS. The summed E-state index contributed by atoms with van der Waals surface area (Å²) in [6, 6.07) is 2.08. The van der Waals surface area contributed by atoms with Crippen molar-refractivity contribution in [3.05, 3.63) is 20.8 Å². The Morgan fingerprint density at radius 2 is 2.31 bits per heavy atom. The van der Waals surface area contributed by atoms with Gasteiger partial charge in [-0.3, -0.25) is 0 Å². The fourth-order valence-corrected chi connectivity index (χ4v) is 2.65. The predicted molar refractivity (Wildman–Crippen MR) is 63.7 cm³/mol. The van der Waals surface area contributed by atoms with Crippen LogP contribution in [0.25, 0.3) is 0 Å². The molecule has 1 aromatic heterocycles. The molecule has 1 rings (SSSR count). The highest BCUT2D eigenvalue weighted by molar-refractivity contribution is 9.10. The molecule has 0 atom stereocenters. The molecule has 0 aromatic carbocycles. The first-order chi connectivity index (χ1) is 6.34. The van der Waals surface area contributed by atoms with Crippen LogP contribution in [-0.2, 0) is 6.54 Å². The monoisotopic (exact) mass is 281 g/mol. The van der Waals surface area contributed by atoms with Crippen molar-refractivity contribution >= 4 is 38.9 Å². The highest BCUT2D eigenvalue weighted by Crippen LogP contribution is 2.21. The summed E-state index contributed by atoms with van der Waals surface area (Å²) in [5.41, 5.74) is 0. The minimum atomic E-state index is 0.768. The molecule has 1 N–H and O–H groups in total. The van der Waals surface area contributed by atoms with Gasteiger partial charge in [0, 0.05) is 21.8 Å². The van der Waals surface area contributed by atoms with E-state index in [9.17, 15) is 0 Å². The minimum Gasteiger partial charge on any atom is -0.312 e. The largest absolute Gasteiger partial charge is 0.312 e. The van der Waals surface area contributed by atoms with Gasteiger partial charge in [0.15, 0.2) is 0 Å². The Balaban J connectivity index is 2.10. The van der Waals surface area contributed by atoms with Crippen LogP contribution in [-0.4, -0.2) is 12.4 Å². The van der Waals surface area contributed by atoms with Gasteiger partial charge in [-0.15, -0.1) is 22.9 Å². The number of thiophene rings is 1. The van der Waals surface area contributed by atoms with Gasteiger partial charge in [-0.2, -0.15) is 0 Å². The van der Waals surface area contributed by atoms with Gasteiger partial charge in [0.05, 0.1) is 0 Å². The van der Waals surface area contributed by atoms with Crippen LogP contribution in [0.4, 0.5) is 0 Å². The Hall–Kier alpha value is 0.430. The van der Waals surface area contributed by atoms with E-state index < -0.39 is 0 Å². The fraction of sp³-hybridized carbons (Fsp3) is 0.556. The molecule has 74 valence electrons. The maximum absolute atomic E-state index is 5.57. The molecule has 13 heavy (non-hydrogen) atoms. The number of hydrogen-bond donors (Lipinski definition) is 1. The third kappa shape index (κ3) is 4.45. The van der Waals surface area contributed by atoms with Gasteiger partial charge in [0.1, 0.15) is 0 Å². The lowest BCUT2D eigenvalue weighted by Gasteiger charge is -2.02. The summed E-state index contributed by atoms with van der Waals surface area (Å²) in [7, 11) is 0. The minimum absolute atomic E-state index is 0.768. The molecule has 0 radical (unpaired) electrons. The summed E-state index contributed by atoms with van der Waals surface area (Å²) in [5.74, 6) is 0.768. The highest BCUT2D eigenvalue weighted by Gasteiger charge is 1.99. The van der Waals surface area contributed by atoms with Crippen LogP contribution in [0.2, 0.25) is 0 Å². The molecule has 0 saturated carbocycles. The molecular weight excluding hydrogens is 270 g/mol. The van der Waals surface area contributed by atoms with Gasteiger partial charge in [-0.1, -0.05) is 0 Å². The number of halogens is 2. The van der Waals surface area contributed by atoms with Crippen molar-refractivity contribution in [3.63, 3.8) is 0 Å². The van der Waals surface area contributed by atoms with Crippen molar-refractivity contribution in [2.75, 3.05) is 12.4 Å². The van der Waals surface area contributed by atoms with Gasteiger partial charge in [-0.25, -0.2) is 0 Å². The lowest BCUT2D eigenvalue weighted by molar-refractivity contribution is 0.646. The maximum atomic E-state index is 5.57. The van der Waals surface area contributed by atoms with E-state index in [-0.39, 0.29) is 0 Å². The normalized spacial score (nSPS) is 10.6. The molecule has 1 aromatic rings. The number of nitrogens with one attached hydrogen (secondary N) is 1. The number of rotatable bonds is 6. The second kappa shape index (κ2) is 6.82. The fourth-order valence-electron chi connectivity index (χ4n) is 0.998. The number of unbranched alkanes of at least 4 members (excludes halogenated alkanes) is 1. The van der Waals surface area contributed by atoms with Crippen molar-refractivity contribution in [1.82, 2.24) is 5.32 Å². The first kappa shape index (κ1) is 11.5. The van der Waals surface area contributed by atoms with Crippen LogP contribution in [0, 0.1) is 0 Å². The molecule has 0 fully saturated rings. The van der Waals surface area contributed by atoms with Crippen molar-refractivity contribution in [3.8, 4) is 0 Å². The zero-order valence-electron chi connectivity index (χ0n) is 7.35. The SMILES string of the molecule is ClCCCCNCc1sccc1Br. The van der Waals surface area contributed by atoms with Crippen LogP contribution in [0.1, 0.15) is 17.7 Å². The summed E-state index contributed by atoms with van der Waals surface area (Å²) >= 11 is 10.8. The van der Waals surface area contributed by atoms with Crippen LogP contribution in [0.15, 0.2) is 15.9 Å². The van der Waals surface area contributed by atoms with Gasteiger partial charge in [0.25, 0.3) is 0 Å². The second-order valence-electron chi connectivity index (χ2n) is 2.76. The highest BCUT2D eigenvalue weighted by atomic mass is 79.9. The van der Waals surface area contributed by atoms with Crippen LogP contribution in [0.5, 0.6) is 0 Å². The van der Waals surface area contributed by atoms with Crippen molar-refractivity contribution < 1.29 is 0 Å². The van der Waals surface area contributed by atoms with E-state index in [4.69, 9.17) is 11.6 Å². The second-order valence-corrected chi connectivity index (χ2v) is 5.00. The summed E-state index contributed by atoms with van der Waals surface area (Å²) in [6.07, 6.45) is 2.26. The molecule has 0 aliphatic carbocycles. The van der Waals surface area contributed by atoms with Gasteiger partial charge >= 0.3 is 0 Å². The van der Waals surface area contributed by atoms with E-state index in [1.807, 2.05) is 0 Å². The topological polar surface area (TPSA) is 12.0 Å². The van der Waals surface area contributed by atoms with Crippen LogP contribution < -0.4 is 5.32 Å². The van der Waals surface area contributed by atoms with Crippen LogP contribution >= 0.6 is 38.9 Å². The molecule has 0 aliphatic rings. The van der Waals surface area contributed by atoms with E-state index in [1.54, 1.807) is 11.3 Å². The number of hydrogen-bond acceptors (Lipinski definition) is 2. The van der Waals surface area contributed by atoms with Gasteiger partial charge in [-0.05, 0) is 46.8 Å². The molecule has 0 amide bonds. The van der Waals surface area contributed by atoms with E-state index >= 15 is 0 Å². The molecule has 1 heterocycles. The zero-order chi connectivity index (χ0) is 9.52. The molecule has 0 saturated heterocycles. The van der Waals surface area contributed by atoms with Crippen LogP contribution in [0.3, 0.4) is 0 Å². The van der Waals surface area contributed by atoms with Crippen molar-refractivity contribution in [1.29, 1.82) is 0 Å². The predicted octanol–water partition coefficient (Wildman–Crippen LogP) is 3.62. The first-order valence-electron chi connectivity index (χ1n) is 4.33. The smallest absolute Gasteiger partial charge is 0.0327 e. The van der Waals surface area contributed by atoms with E-state index in [1.165, 1.54) is 9.35 Å². The Bertz CT molecular complexity index is 239. The summed E-state index contributed by atoms with van der Waals surface area (Å²) < 4.78 is 1.21. The maximum Gasteiger partial charge on any atom is 0.0327 e. The van der Waals surface area contributed by atoms with Crippen molar-refractivity contribution in [2.24, 2.45) is 0 Å². The van der Waals surface area contributed by atoms with Gasteiger partial charge < -0.3 is 5.32 Å². The van der Waals surface area contributed by atoms with E-state index in [0.717, 1.165) is 31.8 Å². The van der Waals surface area contributed by atoms with E-state index in [2.05, 4.69) is 32.7 Å². The standard InChI is InChI=1S/C9H13BrClNS/c10-8-3-6-13-9(8)7-12-5-2-1-4-11/h3,6,12H,1-2,4-5,7H2. The summed E-state index contributed by atoms with van der Waals surface area (Å²) in [5, 5.41) is 5.48. The number of alkyl halides is 1. The molecule has 0 bridgehead atoms. The zero-order valence-corrected chi connectivity index (χ0v) is 10.5. The third-order valence-electron chi connectivity index (χ3n) is 1.71. The Kier molecular flexibility index (Phi) is 6.04. The molecule has 4 heteroatoms. The van der Waals surface area contributed by atoms with E-state index in [0.29, 0.717) is 0 Å². The Morgan fingerprint density at radius 3 is 2.92 bits per heavy atom. The quantitative estimate of drug-likeness (QED) is 0.621. The molecule has 0 aliphatic heterocycles. The Labute approximate surface area is 96.6 Å². The Morgan fingerprint density at radius 1 is 1.46 bits per heavy atom. The van der Waals surface area contributed by atoms with Gasteiger partial charge in [0.2, 0.25) is 0 Å².